The highest BCUT2D eigenvalue weighted by Crippen LogP contribution is 2.17. The molecule has 1 rings (SSSR count). The molecule has 1 N–H and O–H groups in total. The van der Waals surface area contributed by atoms with Crippen molar-refractivity contribution in [3.05, 3.63) is 0 Å². The van der Waals surface area contributed by atoms with Crippen molar-refractivity contribution in [1.82, 2.24) is 5.32 Å². The molecule has 2 unspecified atom stereocenters. The van der Waals surface area contributed by atoms with Crippen LogP contribution in [0.25, 0.3) is 0 Å². The third kappa shape index (κ3) is 4.64. The molecule has 7 heteroatoms. The fourth-order valence-corrected chi connectivity index (χ4v) is 1.86. The van der Waals surface area contributed by atoms with Gasteiger partial charge in [-0.15, -0.1) is 0 Å². The number of unbranched alkanes of at least 4 members (excludes halogenated alkanes) is 1. The molecule has 112 valence electrons. The predicted octanol–water partition coefficient (Wildman–Crippen LogP) is 0.950. The highest BCUT2D eigenvalue weighted by molar-refractivity contribution is 6.02. The average Bonchev–Trinajstić information content (AvgIpc) is 2.38. The number of amides is 1. The second-order valence-corrected chi connectivity index (χ2v) is 4.67. The second kappa shape index (κ2) is 7.62. The molecule has 0 saturated carbocycles. The second-order valence-electron chi connectivity index (χ2n) is 4.67. The van der Waals surface area contributed by atoms with E-state index in [1.54, 1.807) is 0 Å². The monoisotopic (exact) mass is 285 g/mol. The fraction of sp³-hybridized carbons (Fsp3) is 0.692. The van der Waals surface area contributed by atoms with Crippen LogP contribution in [0.4, 0.5) is 4.79 Å². The summed E-state index contributed by atoms with van der Waals surface area (Å²) in [5.74, 6) is -2.34. The van der Waals surface area contributed by atoms with E-state index in [9.17, 15) is 19.2 Å². The number of rotatable bonds is 5. The van der Waals surface area contributed by atoms with Gasteiger partial charge < -0.3 is 14.8 Å². The number of ether oxygens (including phenoxy) is 2. The van der Waals surface area contributed by atoms with Crippen LogP contribution < -0.4 is 5.32 Å². The van der Waals surface area contributed by atoms with Crippen molar-refractivity contribution in [2.24, 2.45) is 5.92 Å². The first-order valence-corrected chi connectivity index (χ1v) is 6.65. The minimum absolute atomic E-state index is 0.187. The lowest BCUT2D eigenvalue weighted by Gasteiger charge is -2.25. The number of hydrogen-bond donors (Lipinski definition) is 1. The first-order chi connectivity index (χ1) is 9.45. The zero-order chi connectivity index (χ0) is 15.1. The highest BCUT2D eigenvalue weighted by atomic mass is 16.7. The van der Waals surface area contributed by atoms with Crippen LogP contribution in [0.2, 0.25) is 0 Å². The van der Waals surface area contributed by atoms with E-state index in [0.29, 0.717) is 6.42 Å². The molecule has 0 aromatic carbocycles. The van der Waals surface area contributed by atoms with E-state index in [-0.39, 0.29) is 25.2 Å². The summed E-state index contributed by atoms with van der Waals surface area (Å²) in [5, 5.41) is 2.38. The van der Waals surface area contributed by atoms with E-state index in [4.69, 9.17) is 0 Å². The molecule has 0 aliphatic carbocycles. The Bertz CT molecular complexity index is 406. The standard InChI is InChI=1S/C13H19NO6/c1-3-4-7-19-13(18)20-12(17)10-6-5-9(8(2)15)11(16)14-10/h9-10H,3-7H2,1-2H3,(H,14,16). The van der Waals surface area contributed by atoms with Crippen LogP contribution in [0.1, 0.15) is 39.5 Å². The Kier molecular flexibility index (Phi) is 6.14. The number of nitrogens with one attached hydrogen (secondary N) is 1. The summed E-state index contributed by atoms with van der Waals surface area (Å²) in [6.45, 7) is 3.45. The normalized spacial score (nSPS) is 21.8. The van der Waals surface area contributed by atoms with Crippen LogP contribution in [-0.2, 0) is 23.9 Å². The first-order valence-electron chi connectivity index (χ1n) is 6.65. The number of ketones is 1. The Labute approximate surface area is 117 Å². The summed E-state index contributed by atoms with van der Waals surface area (Å²) >= 11 is 0. The van der Waals surface area contributed by atoms with Gasteiger partial charge in [-0.2, -0.15) is 0 Å². The quantitative estimate of drug-likeness (QED) is 0.458. The van der Waals surface area contributed by atoms with Crippen LogP contribution in [0.5, 0.6) is 0 Å². The lowest BCUT2D eigenvalue weighted by atomic mass is 9.91. The minimum Gasteiger partial charge on any atom is -0.434 e. The fourth-order valence-electron chi connectivity index (χ4n) is 1.86. The maximum Gasteiger partial charge on any atom is 0.516 e. The predicted molar refractivity (Wildman–Crippen MR) is 67.7 cm³/mol. The Morgan fingerprint density at radius 2 is 2.00 bits per heavy atom. The molecule has 0 aromatic rings. The third-order valence-electron chi connectivity index (χ3n) is 3.05. The van der Waals surface area contributed by atoms with Crippen molar-refractivity contribution in [3.63, 3.8) is 0 Å². The van der Waals surface area contributed by atoms with Crippen LogP contribution >= 0.6 is 0 Å². The molecule has 0 spiro atoms. The van der Waals surface area contributed by atoms with Gasteiger partial charge in [0, 0.05) is 0 Å². The summed E-state index contributed by atoms with van der Waals surface area (Å²) < 4.78 is 9.16. The van der Waals surface area contributed by atoms with Crippen molar-refractivity contribution in [2.75, 3.05) is 6.61 Å². The molecule has 1 aliphatic rings. The van der Waals surface area contributed by atoms with Gasteiger partial charge in [0.15, 0.2) is 0 Å². The van der Waals surface area contributed by atoms with Gasteiger partial charge >= 0.3 is 12.1 Å². The van der Waals surface area contributed by atoms with Gasteiger partial charge in [0.2, 0.25) is 5.91 Å². The van der Waals surface area contributed by atoms with Crippen molar-refractivity contribution < 1.29 is 28.7 Å². The molecule has 1 amide bonds. The largest absolute Gasteiger partial charge is 0.516 e. The molecule has 1 heterocycles. The molecule has 0 aromatic heterocycles. The van der Waals surface area contributed by atoms with E-state index in [1.165, 1.54) is 6.92 Å². The summed E-state index contributed by atoms with van der Waals surface area (Å²) in [6.07, 6.45) is 1.00. The lowest BCUT2D eigenvalue weighted by molar-refractivity contribution is -0.148. The van der Waals surface area contributed by atoms with Crippen LogP contribution in [0.15, 0.2) is 0 Å². The molecule has 1 fully saturated rings. The smallest absolute Gasteiger partial charge is 0.434 e. The highest BCUT2D eigenvalue weighted by Gasteiger charge is 2.35. The molecule has 20 heavy (non-hydrogen) atoms. The van der Waals surface area contributed by atoms with Crippen molar-refractivity contribution in [3.8, 4) is 0 Å². The van der Waals surface area contributed by atoms with E-state index in [0.717, 1.165) is 6.42 Å². The summed E-state index contributed by atoms with van der Waals surface area (Å²) in [5.41, 5.74) is 0. The average molecular weight is 285 g/mol. The summed E-state index contributed by atoms with van der Waals surface area (Å²) in [6, 6.07) is -0.906. The zero-order valence-electron chi connectivity index (χ0n) is 11.6. The molecular weight excluding hydrogens is 266 g/mol. The zero-order valence-corrected chi connectivity index (χ0v) is 11.6. The molecule has 0 radical (unpaired) electrons. The number of hydrogen-bond acceptors (Lipinski definition) is 6. The minimum atomic E-state index is -1.06. The number of Topliss-reactive ketones (excluding diaryl/α,β-unsaturated/α-hetero) is 1. The van der Waals surface area contributed by atoms with E-state index in [1.807, 2.05) is 6.92 Å². The van der Waals surface area contributed by atoms with E-state index < -0.39 is 30.0 Å². The topological polar surface area (TPSA) is 98.8 Å². The van der Waals surface area contributed by atoms with Crippen molar-refractivity contribution >= 4 is 23.8 Å². The molecule has 1 aliphatic heterocycles. The Balaban J connectivity index is 2.40. The number of carbonyl (C=O) groups is 4. The maximum absolute atomic E-state index is 11.6. The molecule has 7 nitrogen and oxygen atoms in total. The third-order valence-corrected chi connectivity index (χ3v) is 3.05. The number of esters is 1. The molecule has 0 bridgehead atoms. The Morgan fingerprint density at radius 1 is 1.30 bits per heavy atom. The van der Waals surface area contributed by atoms with Gasteiger partial charge in [-0.05, 0) is 26.2 Å². The SMILES string of the molecule is CCCCOC(=O)OC(=O)C1CCC(C(C)=O)C(=O)N1. The Hall–Kier alpha value is -1.92. The van der Waals surface area contributed by atoms with Crippen LogP contribution in [0.3, 0.4) is 0 Å². The molecular formula is C13H19NO6. The summed E-state index contributed by atoms with van der Waals surface area (Å²) in [7, 11) is 0. The Morgan fingerprint density at radius 3 is 2.55 bits per heavy atom. The number of carbonyl (C=O) groups excluding carboxylic acids is 4. The van der Waals surface area contributed by atoms with Gasteiger partial charge in [-0.1, -0.05) is 13.3 Å². The first kappa shape index (κ1) is 16.1. The maximum atomic E-state index is 11.6. The van der Waals surface area contributed by atoms with E-state index >= 15 is 0 Å². The van der Waals surface area contributed by atoms with Gasteiger partial charge in [0.05, 0.1) is 12.5 Å². The van der Waals surface area contributed by atoms with Gasteiger partial charge in [0.25, 0.3) is 0 Å². The van der Waals surface area contributed by atoms with Crippen LogP contribution in [0, 0.1) is 5.92 Å². The van der Waals surface area contributed by atoms with Gasteiger partial charge in [-0.3, -0.25) is 9.59 Å². The molecule has 2 atom stereocenters. The van der Waals surface area contributed by atoms with Gasteiger partial charge in [0.1, 0.15) is 11.8 Å². The number of piperidine rings is 1. The van der Waals surface area contributed by atoms with Crippen molar-refractivity contribution in [2.45, 2.75) is 45.6 Å². The molecule has 1 saturated heterocycles. The van der Waals surface area contributed by atoms with E-state index in [2.05, 4.69) is 14.8 Å². The lowest BCUT2D eigenvalue weighted by Crippen LogP contribution is -2.50. The van der Waals surface area contributed by atoms with Gasteiger partial charge in [-0.25, -0.2) is 9.59 Å². The summed E-state index contributed by atoms with van der Waals surface area (Å²) in [4.78, 5) is 45.6. The van der Waals surface area contributed by atoms with Crippen LogP contribution in [-0.4, -0.2) is 36.5 Å². The van der Waals surface area contributed by atoms with Crippen molar-refractivity contribution in [1.29, 1.82) is 0 Å².